The summed E-state index contributed by atoms with van der Waals surface area (Å²) in [5, 5.41) is 42.1. The van der Waals surface area contributed by atoms with Crippen LogP contribution in [0.15, 0.2) is 96.2 Å². The van der Waals surface area contributed by atoms with Crippen LogP contribution in [0.5, 0.6) is 5.75 Å². The van der Waals surface area contributed by atoms with Gasteiger partial charge in [0.25, 0.3) is 0 Å². The summed E-state index contributed by atoms with van der Waals surface area (Å²) < 4.78 is 5.83. The summed E-state index contributed by atoms with van der Waals surface area (Å²) in [5.41, 5.74) is 1.77. The van der Waals surface area contributed by atoms with E-state index in [1.807, 2.05) is 49.5 Å². The number of carbonyl (C=O) groups is 1. The van der Waals surface area contributed by atoms with E-state index in [0.29, 0.717) is 24.0 Å². The third-order valence-electron chi connectivity index (χ3n) is 6.95. The van der Waals surface area contributed by atoms with Gasteiger partial charge in [-0.25, -0.2) is 4.79 Å². The lowest BCUT2D eigenvalue weighted by molar-refractivity contribution is -0.151. The van der Waals surface area contributed by atoms with Gasteiger partial charge in [-0.05, 0) is 62.3 Å². The molecule has 0 bridgehead atoms. The van der Waals surface area contributed by atoms with Gasteiger partial charge >= 0.3 is 5.97 Å². The van der Waals surface area contributed by atoms with Crippen molar-refractivity contribution in [2.75, 3.05) is 0 Å². The third kappa shape index (κ3) is 11.6. The Balaban J connectivity index is 2.28. The first-order valence-electron chi connectivity index (χ1n) is 13.6. The minimum absolute atomic E-state index is 0.0370. The van der Waals surface area contributed by atoms with Crippen molar-refractivity contribution in [1.29, 1.82) is 0 Å². The summed E-state index contributed by atoms with van der Waals surface area (Å²) in [7, 11) is 0. The first kappa shape index (κ1) is 32.0. The first-order chi connectivity index (χ1) is 18.6. The molecule has 0 radical (unpaired) electrons. The maximum Gasteiger partial charge on any atom is 0.333 e. The van der Waals surface area contributed by atoms with Gasteiger partial charge in [-0.2, -0.15) is 0 Å². The first-order valence-corrected chi connectivity index (χ1v) is 13.6. The van der Waals surface area contributed by atoms with E-state index < -0.39 is 36.3 Å². The van der Waals surface area contributed by atoms with Crippen molar-refractivity contribution in [2.24, 2.45) is 11.8 Å². The number of phenolic OH excluding ortho intramolecular Hbond substituents is 1. The van der Waals surface area contributed by atoms with Crippen molar-refractivity contribution < 1.29 is 30.0 Å². The second-order valence-electron chi connectivity index (χ2n) is 10.4. The van der Waals surface area contributed by atoms with Gasteiger partial charge in [0, 0.05) is 17.9 Å². The third-order valence-corrected chi connectivity index (χ3v) is 6.95. The maximum absolute atomic E-state index is 12.9. The smallest absolute Gasteiger partial charge is 0.333 e. The lowest BCUT2D eigenvalue weighted by atomic mass is 9.88. The van der Waals surface area contributed by atoms with Gasteiger partial charge in [-0.15, -0.1) is 0 Å². The number of ether oxygens (including phenoxy) is 1. The SMILES string of the molecule is C\C1=C/C=C/C=C\C=C/C[C@@H](O)/C(C)=C/C=C/[C@H](C)CC[C@H](O)C[C@@H]([C@@H](C)[C@@H](O)c2cccc(O)c2)OC1=O. The fourth-order valence-electron chi connectivity index (χ4n) is 4.19. The number of phenols is 1. The zero-order chi connectivity index (χ0) is 28.8. The number of carbonyl (C=O) groups excluding carboxylic acids is 1. The number of hydrogen-bond donors (Lipinski definition) is 4. The van der Waals surface area contributed by atoms with E-state index >= 15 is 0 Å². The van der Waals surface area contributed by atoms with E-state index in [0.717, 1.165) is 12.0 Å². The van der Waals surface area contributed by atoms with Gasteiger partial charge < -0.3 is 25.2 Å². The second-order valence-corrected chi connectivity index (χ2v) is 10.4. The van der Waals surface area contributed by atoms with E-state index in [9.17, 15) is 25.2 Å². The average Bonchev–Trinajstić information content (AvgIpc) is 2.91. The molecule has 0 saturated carbocycles. The summed E-state index contributed by atoms with van der Waals surface area (Å²) in [6.07, 6.45) is 17.3. The normalized spacial score (nSPS) is 31.9. The van der Waals surface area contributed by atoms with Gasteiger partial charge in [-0.1, -0.05) is 86.7 Å². The van der Waals surface area contributed by atoms with Crippen molar-refractivity contribution in [3.05, 3.63) is 102 Å². The molecular weight excluding hydrogens is 492 g/mol. The Morgan fingerprint density at radius 3 is 2.44 bits per heavy atom. The Bertz CT molecular complexity index is 1090. The molecule has 0 amide bonds. The number of aliphatic hydroxyl groups excluding tert-OH is 3. The van der Waals surface area contributed by atoms with Crippen LogP contribution in [0.3, 0.4) is 0 Å². The fraction of sp³-hybridized carbons (Fsp3) is 0.424. The topological polar surface area (TPSA) is 107 Å². The molecule has 6 nitrogen and oxygen atoms in total. The van der Waals surface area contributed by atoms with Gasteiger partial charge in [0.1, 0.15) is 11.9 Å². The van der Waals surface area contributed by atoms with Gasteiger partial charge in [0.05, 0.1) is 18.3 Å². The molecule has 0 aliphatic carbocycles. The number of aliphatic hydroxyl groups is 3. The predicted molar refractivity (Wildman–Crippen MR) is 156 cm³/mol. The minimum Gasteiger partial charge on any atom is -0.508 e. The molecule has 0 saturated heterocycles. The minimum atomic E-state index is -1.00. The monoisotopic (exact) mass is 536 g/mol. The van der Waals surface area contributed by atoms with Crippen LogP contribution in [0, 0.1) is 11.8 Å². The summed E-state index contributed by atoms with van der Waals surface area (Å²) in [6.45, 7) is 7.39. The molecule has 6 heteroatoms. The van der Waals surface area contributed by atoms with Crippen LogP contribution in [0.1, 0.15) is 65.0 Å². The number of esters is 1. The zero-order valence-corrected chi connectivity index (χ0v) is 23.5. The Morgan fingerprint density at radius 1 is 0.974 bits per heavy atom. The second kappa shape index (κ2) is 16.7. The standard InChI is InChI=1S/C33H44O6/c1-23-13-11-15-24(2)30(36)18-10-8-6-5-7-9-14-25(3)33(38)39-31(22-29(35)20-19-23)26(4)32(37)27-16-12-17-28(34)21-27/h5-17,21,23,26,29-32,34-37H,18-20,22H2,1-4H3/b6-5-,9-7+,10-8-,13-11+,24-15+,25-14+/t23-,26+,29-,30+,31-,32+/m0/s1. The number of benzene rings is 1. The molecule has 0 unspecified atom stereocenters. The summed E-state index contributed by atoms with van der Waals surface area (Å²) >= 11 is 0. The van der Waals surface area contributed by atoms with Crippen molar-refractivity contribution in [3.8, 4) is 5.75 Å². The van der Waals surface area contributed by atoms with Crippen LogP contribution in [0.2, 0.25) is 0 Å². The quantitative estimate of drug-likeness (QED) is 0.352. The summed E-state index contributed by atoms with van der Waals surface area (Å²) in [4.78, 5) is 12.9. The highest BCUT2D eigenvalue weighted by molar-refractivity contribution is 5.88. The highest BCUT2D eigenvalue weighted by Crippen LogP contribution is 2.31. The van der Waals surface area contributed by atoms with Gasteiger partial charge in [0.15, 0.2) is 0 Å². The van der Waals surface area contributed by atoms with E-state index in [1.165, 1.54) is 12.1 Å². The van der Waals surface area contributed by atoms with Crippen LogP contribution in [0.25, 0.3) is 0 Å². The molecule has 0 fully saturated rings. The van der Waals surface area contributed by atoms with Crippen LogP contribution in [0.4, 0.5) is 0 Å². The number of allylic oxidation sites excluding steroid dienone is 9. The van der Waals surface area contributed by atoms with Crippen LogP contribution < -0.4 is 0 Å². The van der Waals surface area contributed by atoms with Crippen molar-refractivity contribution in [1.82, 2.24) is 0 Å². The molecule has 1 heterocycles. The van der Waals surface area contributed by atoms with E-state index in [-0.39, 0.29) is 18.1 Å². The largest absolute Gasteiger partial charge is 0.508 e. The van der Waals surface area contributed by atoms with Crippen molar-refractivity contribution in [2.45, 2.75) is 77.8 Å². The molecule has 6 atom stereocenters. The highest BCUT2D eigenvalue weighted by atomic mass is 16.5. The Labute approximate surface area is 233 Å². The lowest BCUT2D eigenvalue weighted by Crippen LogP contribution is -2.33. The molecule has 0 spiro atoms. The molecule has 1 aliphatic rings. The molecule has 1 aromatic carbocycles. The van der Waals surface area contributed by atoms with Crippen molar-refractivity contribution in [3.63, 3.8) is 0 Å². The Kier molecular flexibility index (Phi) is 13.7. The molecule has 4 N–H and O–H groups in total. The van der Waals surface area contributed by atoms with Gasteiger partial charge in [-0.3, -0.25) is 0 Å². The Morgan fingerprint density at radius 2 is 1.69 bits per heavy atom. The molecule has 0 aromatic heterocycles. The molecule has 212 valence electrons. The number of aromatic hydroxyl groups is 1. The number of hydrogen-bond acceptors (Lipinski definition) is 6. The molecular formula is C33H44O6. The lowest BCUT2D eigenvalue weighted by Gasteiger charge is -2.30. The van der Waals surface area contributed by atoms with Crippen LogP contribution >= 0.6 is 0 Å². The van der Waals surface area contributed by atoms with Gasteiger partial charge in [0.2, 0.25) is 0 Å². The molecule has 1 aromatic rings. The predicted octanol–water partition coefficient (Wildman–Crippen LogP) is 6.02. The van der Waals surface area contributed by atoms with Crippen molar-refractivity contribution >= 4 is 5.97 Å². The molecule has 1 aliphatic heterocycles. The zero-order valence-electron chi connectivity index (χ0n) is 23.5. The van der Waals surface area contributed by atoms with Crippen LogP contribution in [-0.4, -0.2) is 44.7 Å². The summed E-state index contributed by atoms with van der Waals surface area (Å²) in [5.74, 6) is -0.830. The summed E-state index contributed by atoms with van der Waals surface area (Å²) in [6, 6.07) is 6.36. The number of rotatable bonds is 3. The van der Waals surface area contributed by atoms with E-state index in [2.05, 4.69) is 6.92 Å². The fourth-order valence-corrected chi connectivity index (χ4v) is 4.19. The molecule has 2 rings (SSSR count). The number of cyclic esters (lactones) is 1. The maximum atomic E-state index is 12.9. The van der Waals surface area contributed by atoms with Crippen LogP contribution in [-0.2, 0) is 9.53 Å². The Hall–Kier alpha value is -3.19. The average molecular weight is 537 g/mol. The molecule has 39 heavy (non-hydrogen) atoms. The highest BCUT2D eigenvalue weighted by Gasteiger charge is 2.31. The van der Waals surface area contributed by atoms with E-state index in [4.69, 9.17) is 4.74 Å². The van der Waals surface area contributed by atoms with E-state index in [1.54, 1.807) is 44.2 Å².